The predicted octanol–water partition coefficient (Wildman–Crippen LogP) is 0.791. The molecule has 5 nitrogen and oxygen atoms in total. The number of carbonyl (C=O) groups is 2. The van der Waals surface area contributed by atoms with E-state index in [1.165, 1.54) is 4.90 Å². The minimum Gasteiger partial charge on any atom is -0.478 e. The summed E-state index contributed by atoms with van der Waals surface area (Å²) in [4.78, 5) is 24.2. The molecule has 1 atom stereocenters. The minimum absolute atomic E-state index is 0.0486. The molecule has 0 aromatic heterocycles. The van der Waals surface area contributed by atoms with Gasteiger partial charge in [0.05, 0.1) is 30.3 Å². The Morgan fingerprint density at radius 2 is 2.18 bits per heavy atom. The van der Waals surface area contributed by atoms with Crippen LogP contribution in [0.4, 0.5) is 5.69 Å². The van der Waals surface area contributed by atoms with Crippen LogP contribution in [0.25, 0.3) is 0 Å². The number of β-amino-alcohol motifs (C(OH)–C–C–N with tert-alkyl or cyclic N) is 1. The van der Waals surface area contributed by atoms with E-state index in [0.29, 0.717) is 11.3 Å². The number of carboxylic acids is 1. The third kappa shape index (κ3) is 2.01. The zero-order chi connectivity index (χ0) is 12.6. The summed E-state index contributed by atoms with van der Waals surface area (Å²) in [6.07, 6.45) is -0.669. The molecule has 1 aromatic carbocycles. The van der Waals surface area contributed by atoms with E-state index < -0.39 is 12.1 Å². The van der Waals surface area contributed by atoms with Crippen LogP contribution in [-0.4, -0.2) is 34.7 Å². The van der Waals surface area contributed by atoms with Crippen LogP contribution in [0.1, 0.15) is 22.3 Å². The minimum atomic E-state index is -1.06. The maximum Gasteiger partial charge on any atom is 0.338 e. The van der Waals surface area contributed by atoms with Crippen molar-refractivity contribution in [1.29, 1.82) is 0 Å². The van der Waals surface area contributed by atoms with E-state index in [4.69, 9.17) is 5.11 Å². The average Bonchev–Trinajstić information content (AvgIpc) is 2.56. The third-order valence-corrected chi connectivity index (χ3v) is 2.86. The second-order valence-corrected chi connectivity index (χ2v) is 4.14. The highest BCUT2D eigenvalue weighted by molar-refractivity contribution is 6.04. The zero-order valence-electron chi connectivity index (χ0n) is 9.38. The molecule has 2 N–H and O–H groups in total. The van der Waals surface area contributed by atoms with Crippen LogP contribution in [0.15, 0.2) is 18.2 Å². The van der Waals surface area contributed by atoms with Gasteiger partial charge in [-0.15, -0.1) is 0 Å². The van der Waals surface area contributed by atoms with Gasteiger partial charge in [-0.2, -0.15) is 0 Å². The van der Waals surface area contributed by atoms with Gasteiger partial charge in [-0.05, 0) is 18.6 Å². The highest BCUT2D eigenvalue weighted by atomic mass is 16.4. The van der Waals surface area contributed by atoms with E-state index in [9.17, 15) is 14.7 Å². The fourth-order valence-corrected chi connectivity index (χ4v) is 2.08. The van der Waals surface area contributed by atoms with E-state index in [1.54, 1.807) is 25.1 Å². The average molecular weight is 235 g/mol. The molecule has 5 heteroatoms. The van der Waals surface area contributed by atoms with Gasteiger partial charge in [-0.1, -0.05) is 12.1 Å². The van der Waals surface area contributed by atoms with Gasteiger partial charge < -0.3 is 15.1 Å². The lowest BCUT2D eigenvalue weighted by atomic mass is 10.1. The molecule has 1 heterocycles. The fraction of sp³-hybridized carbons (Fsp3) is 0.333. The first-order valence-corrected chi connectivity index (χ1v) is 5.32. The lowest BCUT2D eigenvalue weighted by molar-refractivity contribution is -0.117. The SMILES string of the molecule is Cc1cccc(N2CC(O)CC2=O)c1C(=O)O. The number of anilines is 1. The number of carboxylic acid groups (broad SMARTS) is 1. The normalized spacial score (nSPS) is 19.8. The third-order valence-electron chi connectivity index (χ3n) is 2.86. The van der Waals surface area contributed by atoms with Gasteiger partial charge in [-0.25, -0.2) is 4.79 Å². The van der Waals surface area contributed by atoms with E-state index in [0.717, 1.165) is 0 Å². The number of amides is 1. The van der Waals surface area contributed by atoms with Crippen LogP contribution in [-0.2, 0) is 4.79 Å². The molecule has 1 aliphatic heterocycles. The quantitative estimate of drug-likeness (QED) is 0.794. The van der Waals surface area contributed by atoms with Gasteiger partial charge in [0.1, 0.15) is 0 Å². The Hall–Kier alpha value is -1.88. The Labute approximate surface area is 98.3 Å². The summed E-state index contributed by atoms with van der Waals surface area (Å²) in [7, 11) is 0. The summed E-state index contributed by atoms with van der Waals surface area (Å²) < 4.78 is 0. The van der Waals surface area contributed by atoms with Crippen LogP contribution in [0.3, 0.4) is 0 Å². The zero-order valence-corrected chi connectivity index (χ0v) is 9.38. The first kappa shape index (κ1) is 11.6. The number of aliphatic hydroxyl groups excluding tert-OH is 1. The fourth-order valence-electron chi connectivity index (χ4n) is 2.08. The molecule has 1 fully saturated rings. The Morgan fingerprint density at radius 3 is 2.71 bits per heavy atom. The molecule has 17 heavy (non-hydrogen) atoms. The molecule has 0 spiro atoms. The number of carbonyl (C=O) groups excluding carboxylic acids is 1. The molecule has 2 rings (SSSR count). The molecule has 0 saturated carbocycles. The molecule has 90 valence electrons. The van der Waals surface area contributed by atoms with E-state index in [2.05, 4.69) is 0 Å². The molecule has 1 saturated heterocycles. The van der Waals surface area contributed by atoms with Crippen molar-refractivity contribution in [3.8, 4) is 0 Å². The maximum absolute atomic E-state index is 11.6. The van der Waals surface area contributed by atoms with Crippen LogP contribution >= 0.6 is 0 Å². The molecule has 0 bridgehead atoms. The van der Waals surface area contributed by atoms with Gasteiger partial charge in [-0.3, -0.25) is 4.79 Å². The van der Waals surface area contributed by atoms with Gasteiger partial charge in [0, 0.05) is 0 Å². The van der Waals surface area contributed by atoms with Gasteiger partial charge in [0.15, 0.2) is 0 Å². The molecular weight excluding hydrogens is 222 g/mol. The monoisotopic (exact) mass is 235 g/mol. The number of benzene rings is 1. The van der Waals surface area contributed by atoms with Crippen LogP contribution < -0.4 is 4.90 Å². The van der Waals surface area contributed by atoms with Crippen molar-refractivity contribution in [1.82, 2.24) is 0 Å². The summed E-state index contributed by atoms with van der Waals surface area (Å²) in [6.45, 7) is 1.84. The number of rotatable bonds is 2. The van der Waals surface area contributed by atoms with Gasteiger partial charge in [0.25, 0.3) is 0 Å². The summed E-state index contributed by atoms with van der Waals surface area (Å²) in [5.41, 5.74) is 1.08. The Kier molecular flexibility index (Phi) is 2.85. The van der Waals surface area contributed by atoms with Crippen molar-refractivity contribution in [2.24, 2.45) is 0 Å². The maximum atomic E-state index is 11.6. The Bertz CT molecular complexity index is 483. The topological polar surface area (TPSA) is 77.8 Å². The molecule has 0 aliphatic carbocycles. The molecule has 1 aromatic rings. The van der Waals surface area contributed by atoms with E-state index in [-0.39, 0.29) is 24.4 Å². The number of aromatic carboxylic acids is 1. The second-order valence-electron chi connectivity index (χ2n) is 4.14. The van der Waals surface area contributed by atoms with Gasteiger partial charge >= 0.3 is 5.97 Å². The summed E-state index contributed by atoms with van der Waals surface area (Å²) in [6, 6.07) is 4.98. The van der Waals surface area contributed by atoms with E-state index in [1.807, 2.05) is 0 Å². The standard InChI is InChI=1S/C12H13NO4/c1-7-3-2-4-9(11(7)12(16)17)13-6-8(14)5-10(13)15/h2-4,8,14H,5-6H2,1H3,(H,16,17). The van der Waals surface area contributed by atoms with Crippen LogP contribution in [0.2, 0.25) is 0 Å². The predicted molar refractivity (Wildman–Crippen MR) is 61.1 cm³/mol. The summed E-state index contributed by atoms with van der Waals surface area (Å²) in [5, 5.41) is 18.6. The summed E-state index contributed by atoms with van der Waals surface area (Å²) >= 11 is 0. The Balaban J connectivity index is 2.49. The first-order valence-electron chi connectivity index (χ1n) is 5.32. The van der Waals surface area contributed by atoms with Crippen molar-refractivity contribution < 1.29 is 19.8 Å². The second kappa shape index (κ2) is 4.18. The Morgan fingerprint density at radius 1 is 1.47 bits per heavy atom. The number of aryl methyl sites for hydroxylation is 1. The number of hydrogen-bond donors (Lipinski definition) is 2. The van der Waals surface area contributed by atoms with Crippen molar-refractivity contribution in [3.05, 3.63) is 29.3 Å². The van der Waals surface area contributed by atoms with E-state index >= 15 is 0 Å². The first-order chi connectivity index (χ1) is 8.00. The number of hydrogen-bond acceptors (Lipinski definition) is 3. The highest BCUT2D eigenvalue weighted by Gasteiger charge is 2.31. The smallest absolute Gasteiger partial charge is 0.338 e. The molecule has 1 amide bonds. The van der Waals surface area contributed by atoms with Crippen LogP contribution in [0, 0.1) is 6.92 Å². The summed E-state index contributed by atoms with van der Waals surface area (Å²) in [5.74, 6) is -1.31. The molecule has 1 aliphatic rings. The molecule has 1 unspecified atom stereocenters. The molecule has 0 radical (unpaired) electrons. The molecular formula is C12H13NO4. The van der Waals surface area contributed by atoms with Crippen molar-refractivity contribution in [2.45, 2.75) is 19.4 Å². The largest absolute Gasteiger partial charge is 0.478 e. The number of aliphatic hydroxyl groups is 1. The van der Waals surface area contributed by atoms with Crippen molar-refractivity contribution in [3.63, 3.8) is 0 Å². The number of nitrogens with zero attached hydrogens (tertiary/aromatic N) is 1. The lowest BCUT2D eigenvalue weighted by Crippen LogP contribution is -2.27. The van der Waals surface area contributed by atoms with Crippen molar-refractivity contribution >= 4 is 17.6 Å². The van der Waals surface area contributed by atoms with Crippen LogP contribution in [0.5, 0.6) is 0 Å². The van der Waals surface area contributed by atoms with Crippen molar-refractivity contribution in [2.75, 3.05) is 11.4 Å². The highest BCUT2D eigenvalue weighted by Crippen LogP contribution is 2.27. The lowest BCUT2D eigenvalue weighted by Gasteiger charge is -2.19. The van der Waals surface area contributed by atoms with Gasteiger partial charge in [0.2, 0.25) is 5.91 Å².